The van der Waals surface area contributed by atoms with Gasteiger partial charge < -0.3 is 39.9 Å². The third-order valence-electron chi connectivity index (χ3n) is 13.1. The molecular weight excluding hydrogens is 841 g/mol. The molecule has 0 aliphatic carbocycles. The number of carboxylic acids is 1. The Labute approximate surface area is 384 Å². The molecule has 2 aliphatic heterocycles. The molecule has 0 spiro atoms. The molecule has 8 atom stereocenters. The van der Waals surface area contributed by atoms with Gasteiger partial charge in [-0.25, -0.2) is 4.79 Å². The van der Waals surface area contributed by atoms with Gasteiger partial charge in [0.25, 0.3) is 11.8 Å². The fourth-order valence-corrected chi connectivity index (χ4v) is 8.82. The van der Waals surface area contributed by atoms with E-state index in [0.717, 1.165) is 16.9 Å². The number of imide groups is 1. The topological polar surface area (TPSA) is 195 Å². The fraction of sp³-hybridized carbons (Fsp3) is 0.660. The zero-order chi connectivity index (χ0) is 48.1. The van der Waals surface area contributed by atoms with Gasteiger partial charge in [-0.3, -0.25) is 33.7 Å². The largest absolute Gasteiger partial charge is 0.480 e. The van der Waals surface area contributed by atoms with Gasteiger partial charge in [-0.15, -0.1) is 0 Å². The summed E-state index contributed by atoms with van der Waals surface area (Å²) in [7, 11) is 6.28. The number of unbranched alkanes of at least 4 members (excludes halogenated alkanes) is 1. The predicted octanol–water partition coefficient (Wildman–Crippen LogP) is 3.99. The molecule has 1 aromatic rings. The van der Waals surface area contributed by atoms with Crippen LogP contribution >= 0.6 is 12.2 Å². The maximum atomic E-state index is 14.5. The number of nitrogens with zero attached hydrogens (tertiary/aromatic N) is 4. The Morgan fingerprint density at radius 3 is 2.12 bits per heavy atom. The van der Waals surface area contributed by atoms with Crippen LogP contribution in [0.15, 0.2) is 42.5 Å². The zero-order valence-corrected chi connectivity index (χ0v) is 40.4. The minimum absolute atomic E-state index is 0.0362. The summed E-state index contributed by atoms with van der Waals surface area (Å²) in [6, 6.07) is 6.47. The summed E-state index contributed by atoms with van der Waals surface area (Å²) in [4.78, 5) is 98.2. The molecule has 17 heteroatoms. The van der Waals surface area contributed by atoms with Crippen molar-refractivity contribution in [2.45, 2.75) is 142 Å². The van der Waals surface area contributed by atoms with Crippen LogP contribution in [0.4, 0.5) is 0 Å². The molecule has 3 N–H and O–H groups in total. The SMILES string of the molecule is CC[C@H](C)[C@@H]([C@@H](CC(=O)N1CCC[C@H]1[C@H](OC)[C@@H](C)C(=S)N[C@@H](Cc1ccccc1)C(=O)O)OC)N(C)C(=O)[C@@H](NC(=O)C(C)(C)N(C)C(=O)CCCCN1C(=O)C=CC1=O)C(C)C. The molecule has 1 aromatic carbocycles. The van der Waals surface area contributed by atoms with Crippen molar-refractivity contribution >= 4 is 58.6 Å². The Kier molecular flexibility index (Phi) is 20.5. The van der Waals surface area contributed by atoms with E-state index in [1.54, 1.807) is 37.8 Å². The van der Waals surface area contributed by atoms with Crippen LogP contribution in [0.2, 0.25) is 0 Å². The number of nitrogens with one attached hydrogen (secondary N) is 2. The maximum absolute atomic E-state index is 14.5. The summed E-state index contributed by atoms with van der Waals surface area (Å²) in [5, 5.41) is 16.0. The molecule has 0 aromatic heterocycles. The molecule has 0 bridgehead atoms. The number of amides is 6. The molecule has 356 valence electrons. The van der Waals surface area contributed by atoms with Crippen molar-refractivity contribution in [3.05, 3.63) is 48.0 Å². The van der Waals surface area contributed by atoms with Gasteiger partial charge in [0.1, 0.15) is 17.6 Å². The summed E-state index contributed by atoms with van der Waals surface area (Å²) in [6.07, 6.45) is 4.36. The number of rotatable bonds is 25. The average molecular weight is 913 g/mol. The second-order valence-electron chi connectivity index (χ2n) is 18.0. The number of carbonyl (C=O) groups is 7. The number of thiocarbonyl (C=S) groups is 1. The zero-order valence-electron chi connectivity index (χ0n) is 39.6. The smallest absolute Gasteiger partial charge is 0.326 e. The van der Waals surface area contributed by atoms with Gasteiger partial charge in [-0.2, -0.15) is 0 Å². The van der Waals surface area contributed by atoms with Crippen molar-refractivity contribution in [1.29, 1.82) is 0 Å². The van der Waals surface area contributed by atoms with E-state index >= 15 is 0 Å². The van der Waals surface area contributed by atoms with Crippen molar-refractivity contribution in [2.24, 2.45) is 17.8 Å². The summed E-state index contributed by atoms with van der Waals surface area (Å²) < 4.78 is 12.0. The number of carboxylic acid groups (broad SMARTS) is 1. The van der Waals surface area contributed by atoms with Gasteiger partial charge in [0.15, 0.2) is 0 Å². The van der Waals surface area contributed by atoms with Crippen LogP contribution in [0, 0.1) is 17.8 Å². The quantitative estimate of drug-likeness (QED) is 0.0727. The highest BCUT2D eigenvalue weighted by molar-refractivity contribution is 7.80. The summed E-state index contributed by atoms with van der Waals surface area (Å²) in [5.74, 6) is -4.05. The molecule has 1 fully saturated rings. The Morgan fingerprint density at radius 1 is 0.953 bits per heavy atom. The highest BCUT2D eigenvalue weighted by Crippen LogP contribution is 2.30. The molecule has 1 saturated heterocycles. The lowest BCUT2D eigenvalue weighted by atomic mass is 9.89. The Balaban J connectivity index is 1.71. The molecule has 0 radical (unpaired) electrons. The third kappa shape index (κ3) is 13.6. The number of aliphatic carboxylic acids is 1. The van der Waals surface area contributed by atoms with E-state index in [4.69, 9.17) is 21.7 Å². The molecule has 0 saturated carbocycles. The summed E-state index contributed by atoms with van der Waals surface area (Å²) in [5.41, 5.74) is -0.485. The van der Waals surface area contributed by atoms with Crippen LogP contribution in [0.3, 0.4) is 0 Å². The van der Waals surface area contributed by atoms with Crippen LogP contribution in [-0.4, -0.2) is 154 Å². The average Bonchev–Trinajstić information content (AvgIpc) is 3.88. The van der Waals surface area contributed by atoms with Gasteiger partial charge in [0.05, 0.1) is 35.7 Å². The molecule has 6 amide bonds. The Morgan fingerprint density at radius 2 is 1.58 bits per heavy atom. The normalized spacial score (nSPS) is 18.5. The summed E-state index contributed by atoms with van der Waals surface area (Å²) in [6.45, 7) is 13.4. The Bertz CT molecular complexity index is 1820. The molecule has 16 nitrogen and oxygen atoms in total. The number of benzene rings is 1. The van der Waals surface area contributed by atoms with Crippen molar-refractivity contribution < 1.29 is 48.1 Å². The van der Waals surface area contributed by atoms with Crippen molar-refractivity contribution in [3.63, 3.8) is 0 Å². The first-order valence-electron chi connectivity index (χ1n) is 22.4. The van der Waals surface area contributed by atoms with E-state index in [9.17, 15) is 38.7 Å². The number of hydrogen-bond acceptors (Lipinski definition) is 10. The molecule has 2 heterocycles. The monoisotopic (exact) mass is 913 g/mol. The van der Waals surface area contributed by atoms with E-state index in [1.807, 2.05) is 65.0 Å². The van der Waals surface area contributed by atoms with E-state index in [0.29, 0.717) is 37.2 Å². The van der Waals surface area contributed by atoms with Gasteiger partial charge >= 0.3 is 5.97 Å². The van der Waals surface area contributed by atoms with E-state index in [2.05, 4.69) is 10.6 Å². The summed E-state index contributed by atoms with van der Waals surface area (Å²) >= 11 is 5.76. The maximum Gasteiger partial charge on any atom is 0.326 e. The van der Waals surface area contributed by atoms with Crippen LogP contribution < -0.4 is 10.6 Å². The van der Waals surface area contributed by atoms with Crippen LogP contribution in [0.1, 0.15) is 99.0 Å². The minimum Gasteiger partial charge on any atom is -0.480 e. The van der Waals surface area contributed by atoms with Crippen molar-refractivity contribution in [2.75, 3.05) is 41.4 Å². The number of likely N-dealkylation sites (N-methyl/N-ethyl adjacent to an activating group) is 2. The van der Waals surface area contributed by atoms with E-state index in [-0.39, 0.29) is 73.2 Å². The number of likely N-dealkylation sites (tertiary alicyclic amines) is 1. The first kappa shape index (κ1) is 53.6. The van der Waals surface area contributed by atoms with E-state index < -0.39 is 53.7 Å². The number of carbonyl (C=O) groups excluding carboxylic acids is 6. The lowest BCUT2D eigenvalue weighted by Gasteiger charge is -2.41. The lowest BCUT2D eigenvalue weighted by molar-refractivity contribution is -0.149. The van der Waals surface area contributed by atoms with Gasteiger partial charge in [0, 0.05) is 72.3 Å². The van der Waals surface area contributed by atoms with Gasteiger partial charge in [-0.05, 0) is 56.9 Å². The first-order chi connectivity index (χ1) is 30.1. The van der Waals surface area contributed by atoms with Crippen LogP contribution in [0.25, 0.3) is 0 Å². The number of methoxy groups -OCH3 is 2. The second-order valence-corrected chi connectivity index (χ2v) is 18.4. The molecular formula is C47H72N6O10S. The highest BCUT2D eigenvalue weighted by atomic mass is 32.1. The van der Waals surface area contributed by atoms with Crippen molar-refractivity contribution in [3.8, 4) is 0 Å². The number of hydrogen-bond donors (Lipinski definition) is 3. The first-order valence-corrected chi connectivity index (χ1v) is 22.8. The van der Waals surface area contributed by atoms with Gasteiger partial charge in [-0.1, -0.05) is 83.6 Å². The third-order valence-corrected chi connectivity index (χ3v) is 13.6. The highest BCUT2D eigenvalue weighted by Gasteiger charge is 2.44. The molecule has 0 unspecified atom stereocenters. The van der Waals surface area contributed by atoms with Crippen LogP contribution in [-0.2, 0) is 49.5 Å². The molecule has 64 heavy (non-hydrogen) atoms. The lowest BCUT2D eigenvalue weighted by Crippen LogP contribution is -2.62. The van der Waals surface area contributed by atoms with E-state index in [1.165, 1.54) is 31.2 Å². The number of ether oxygens (including phenoxy) is 2. The predicted molar refractivity (Wildman–Crippen MR) is 247 cm³/mol. The Hall–Kier alpha value is -4.74. The molecule has 2 aliphatic rings. The fourth-order valence-electron chi connectivity index (χ4n) is 8.54. The van der Waals surface area contributed by atoms with Crippen molar-refractivity contribution in [1.82, 2.24) is 30.2 Å². The standard InChI is InChI=1S/C47H72N6O10S/c1-12-30(4)41(50(8)44(58)40(29(2)3)49-46(61)47(6,7)51(9)36(54)22-16-17-25-53-37(55)23-24-38(53)56)35(62-10)28-39(57)52-26-18-21-34(52)42(63-11)31(5)43(64)48-33(45(59)60)27-32-19-14-13-15-20-32/h13-15,19-20,23-24,29-31,33-35,40-42H,12,16-18,21-22,25-28H2,1-11H3,(H,48,64)(H,49,61)(H,59,60)/t30-,31+,33-,34-,35+,40-,41-,42+/m0/s1. The van der Waals surface area contributed by atoms with Crippen LogP contribution in [0.5, 0.6) is 0 Å². The second kappa shape index (κ2) is 24.5. The minimum atomic E-state index is -1.34. The van der Waals surface area contributed by atoms with Gasteiger partial charge in [0.2, 0.25) is 23.6 Å². The molecule has 3 rings (SSSR count).